The van der Waals surface area contributed by atoms with Gasteiger partial charge in [0.15, 0.2) is 0 Å². The van der Waals surface area contributed by atoms with Gasteiger partial charge in [0, 0.05) is 13.1 Å². The number of ether oxygens (including phenoxy) is 1. The van der Waals surface area contributed by atoms with Gasteiger partial charge in [-0.3, -0.25) is 4.79 Å². The Morgan fingerprint density at radius 3 is 2.92 bits per heavy atom. The number of aromatic nitrogens is 2. The number of morpholine rings is 1. The van der Waals surface area contributed by atoms with Crippen molar-refractivity contribution in [3.8, 4) is 0 Å². The van der Waals surface area contributed by atoms with Crippen molar-refractivity contribution >= 4 is 11.7 Å². The average molecular weight is 330 g/mol. The Kier molecular flexibility index (Phi) is 3.72. The number of fused-ring (bicyclic) bond motifs is 1. The van der Waals surface area contributed by atoms with E-state index in [2.05, 4.69) is 10.4 Å². The molecule has 1 aromatic carbocycles. The van der Waals surface area contributed by atoms with Gasteiger partial charge in [-0.15, -0.1) is 0 Å². The Morgan fingerprint density at radius 1 is 1.38 bits per heavy atom. The maximum absolute atomic E-state index is 13.5. The van der Waals surface area contributed by atoms with Gasteiger partial charge in [-0.05, 0) is 24.6 Å². The predicted molar refractivity (Wildman–Crippen MR) is 86.5 cm³/mol. The normalized spacial score (nSPS) is 19.9. The first-order chi connectivity index (χ1) is 11.6. The lowest BCUT2D eigenvalue weighted by atomic mass is 10.1. The first kappa shape index (κ1) is 15.1. The second-order valence-corrected chi connectivity index (χ2v) is 6.15. The van der Waals surface area contributed by atoms with E-state index in [0.29, 0.717) is 44.1 Å². The molecule has 7 heteroatoms. The molecule has 2 aliphatic rings. The second-order valence-electron chi connectivity index (χ2n) is 6.15. The van der Waals surface area contributed by atoms with Gasteiger partial charge in [0.2, 0.25) is 0 Å². The number of benzene rings is 1. The molecule has 0 radical (unpaired) electrons. The first-order valence-corrected chi connectivity index (χ1v) is 8.10. The molecule has 0 bridgehead atoms. The monoisotopic (exact) mass is 330 g/mol. The number of nitrogens with zero attached hydrogens (tertiary/aromatic N) is 3. The summed E-state index contributed by atoms with van der Waals surface area (Å²) < 4.78 is 20.6. The number of carbonyl (C=O) groups excluding carboxylic acids is 1. The van der Waals surface area contributed by atoms with E-state index in [-0.39, 0.29) is 17.8 Å². The number of hydrogen-bond donors (Lipinski definition) is 1. The maximum Gasteiger partial charge on any atom is 0.259 e. The Hall–Kier alpha value is -2.41. The summed E-state index contributed by atoms with van der Waals surface area (Å²) in [5, 5.41) is 7.83. The van der Waals surface area contributed by atoms with Gasteiger partial charge in [-0.25, -0.2) is 9.07 Å². The highest BCUT2D eigenvalue weighted by molar-refractivity contribution is 6.00. The topological polar surface area (TPSA) is 59.4 Å². The SMILES string of the molecule is Cc1nn2c(c1C(=O)N1CCOCC1)N[C@H](c1cccc(F)c1)C2. The van der Waals surface area contributed by atoms with Crippen LogP contribution < -0.4 is 5.32 Å². The summed E-state index contributed by atoms with van der Waals surface area (Å²) in [6, 6.07) is 6.43. The van der Waals surface area contributed by atoms with Crippen LogP contribution >= 0.6 is 0 Å². The quantitative estimate of drug-likeness (QED) is 0.915. The number of anilines is 1. The van der Waals surface area contributed by atoms with Gasteiger partial charge in [0.1, 0.15) is 17.2 Å². The fourth-order valence-corrected chi connectivity index (χ4v) is 3.34. The van der Waals surface area contributed by atoms with Crippen molar-refractivity contribution in [3.05, 3.63) is 46.9 Å². The molecule has 1 atom stereocenters. The molecule has 0 aliphatic carbocycles. The molecule has 126 valence electrons. The molecule has 1 fully saturated rings. The molecule has 2 aromatic rings. The largest absolute Gasteiger partial charge is 0.378 e. The van der Waals surface area contributed by atoms with Crippen LogP contribution in [0.15, 0.2) is 24.3 Å². The summed E-state index contributed by atoms with van der Waals surface area (Å²) in [7, 11) is 0. The van der Waals surface area contributed by atoms with Gasteiger partial charge in [0.05, 0.1) is 31.5 Å². The molecular formula is C17H19FN4O2. The zero-order valence-electron chi connectivity index (χ0n) is 13.5. The molecule has 3 heterocycles. The van der Waals surface area contributed by atoms with E-state index in [4.69, 9.17) is 4.74 Å². The van der Waals surface area contributed by atoms with Crippen LogP contribution in [0.2, 0.25) is 0 Å². The Labute approximate surface area is 139 Å². The van der Waals surface area contributed by atoms with Crippen molar-refractivity contribution in [1.29, 1.82) is 0 Å². The summed E-state index contributed by atoms with van der Waals surface area (Å²) >= 11 is 0. The minimum Gasteiger partial charge on any atom is -0.378 e. The van der Waals surface area contributed by atoms with E-state index >= 15 is 0 Å². The molecule has 0 saturated carbocycles. The molecule has 1 saturated heterocycles. The standard InChI is InChI=1S/C17H19FN4O2/c1-11-15(17(23)21-5-7-24-8-6-21)16-19-14(10-22(16)20-11)12-3-2-4-13(18)9-12/h2-4,9,14,19H,5-8,10H2,1H3/t14-/m0/s1. The minimum atomic E-state index is -0.264. The zero-order chi connectivity index (χ0) is 16.7. The first-order valence-electron chi connectivity index (χ1n) is 8.10. The number of rotatable bonds is 2. The fourth-order valence-electron chi connectivity index (χ4n) is 3.34. The van der Waals surface area contributed by atoms with Crippen LogP contribution in [0, 0.1) is 12.7 Å². The van der Waals surface area contributed by atoms with Crippen LogP contribution in [-0.2, 0) is 11.3 Å². The third-order valence-electron chi connectivity index (χ3n) is 4.56. The predicted octanol–water partition coefficient (Wildman–Crippen LogP) is 1.97. The van der Waals surface area contributed by atoms with Crippen molar-refractivity contribution in [3.63, 3.8) is 0 Å². The number of hydrogen-bond acceptors (Lipinski definition) is 4. The van der Waals surface area contributed by atoms with Crippen LogP contribution in [0.3, 0.4) is 0 Å². The fraction of sp³-hybridized carbons (Fsp3) is 0.412. The Morgan fingerprint density at radius 2 is 2.17 bits per heavy atom. The number of nitrogens with one attached hydrogen (secondary N) is 1. The summed E-state index contributed by atoms with van der Waals surface area (Å²) in [4.78, 5) is 14.7. The van der Waals surface area contributed by atoms with Crippen LogP contribution in [0.25, 0.3) is 0 Å². The molecule has 6 nitrogen and oxygen atoms in total. The van der Waals surface area contributed by atoms with Crippen LogP contribution in [0.1, 0.15) is 27.7 Å². The lowest BCUT2D eigenvalue weighted by Gasteiger charge is -2.27. The van der Waals surface area contributed by atoms with Gasteiger partial charge in [-0.1, -0.05) is 12.1 Å². The smallest absolute Gasteiger partial charge is 0.259 e. The van der Waals surface area contributed by atoms with Crippen LogP contribution in [-0.4, -0.2) is 46.9 Å². The molecular weight excluding hydrogens is 311 g/mol. The highest BCUT2D eigenvalue weighted by Gasteiger charge is 2.32. The zero-order valence-corrected chi connectivity index (χ0v) is 13.5. The highest BCUT2D eigenvalue weighted by Crippen LogP contribution is 2.33. The number of carbonyl (C=O) groups is 1. The Balaban J connectivity index is 1.61. The molecule has 0 spiro atoms. The van der Waals surface area contributed by atoms with Crippen molar-refractivity contribution in [2.45, 2.75) is 19.5 Å². The lowest BCUT2D eigenvalue weighted by Crippen LogP contribution is -2.41. The number of halogens is 1. The highest BCUT2D eigenvalue weighted by atomic mass is 19.1. The second kappa shape index (κ2) is 5.90. The third kappa shape index (κ3) is 2.54. The van der Waals surface area contributed by atoms with E-state index in [9.17, 15) is 9.18 Å². The van der Waals surface area contributed by atoms with Crippen molar-refractivity contribution in [2.75, 3.05) is 31.6 Å². The van der Waals surface area contributed by atoms with Gasteiger partial charge in [-0.2, -0.15) is 5.10 Å². The summed E-state index contributed by atoms with van der Waals surface area (Å²) in [5.74, 6) is 0.433. The van der Waals surface area contributed by atoms with E-state index in [0.717, 1.165) is 11.4 Å². The Bertz CT molecular complexity index is 783. The molecule has 0 unspecified atom stereocenters. The number of aryl methyl sites for hydroxylation is 1. The van der Waals surface area contributed by atoms with Gasteiger partial charge in [0.25, 0.3) is 5.91 Å². The molecule has 24 heavy (non-hydrogen) atoms. The van der Waals surface area contributed by atoms with Gasteiger partial charge < -0.3 is 15.0 Å². The van der Waals surface area contributed by atoms with Gasteiger partial charge >= 0.3 is 0 Å². The van der Waals surface area contributed by atoms with E-state index in [1.165, 1.54) is 12.1 Å². The maximum atomic E-state index is 13.5. The van der Waals surface area contributed by atoms with E-state index < -0.39 is 0 Å². The summed E-state index contributed by atoms with van der Waals surface area (Å²) in [6.45, 7) is 4.74. The van der Waals surface area contributed by atoms with Crippen LogP contribution in [0.4, 0.5) is 10.2 Å². The minimum absolute atomic E-state index is 0.0237. The van der Waals surface area contributed by atoms with Crippen molar-refractivity contribution in [1.82, 2.24) is 14.7 Å². The molecule has 1 amide bonds. The van der Waals surface area contributed by atoms with E-state index in [1.54, 1.807) is 15.6 Å². The molecule has 1 N–H and O–H groups in total. The lowest BCUT2D eigenvalue weighted by molar-refractivity contribution is 0.0303. The van der Waals surface area contributed by atoms with Crippen molar-refractivity contribution in [2.24, 2.45) is 0 Å². The van der Waals surface area contributed by atoms with Crippen LogP contribution in [0.5, 0.6) is 0 Å². The average Bonchev–Trinajstić information content (AvgIpc) is 3.11. The van der Waals surface area contributed by atoms with E-state index in [1.807, 2.05) is 13.0 Å². The molecule has 1 aromatic heterocycles. The summed E-state index contributed by atoms with van der Waals surface area (Å²) in [5.41, 5.74) is 2.17. The molecule has 2 aliphatic heterocycles. The third-order valence-corrected chi connectivity index (χ3v) is 4.56. The molecule has 4 rings (SSSR count). The van der Waals surface area contributed by atoms with Crippen molar-refractivity contribution < 1.29 is 13.9 Å². The summed E-state index contributed by atoms with van der Waals surface area (Å²) in [6.07, 6.45) is 0. The number of amides is 1.